The second-order valence-corrected chi connectivity index (χ2v) is 12.1. The third kappa shape index (κ3) is 2.50. The van der Waals surface area contributed by atoms with E-state index in [9.17, 15) is 4.79 Å². The van der Waals surface area contributed by atoms with E-state index in [0.717, 1.165) is 21.8 Å². The Balaban J connectivity index is 1.73. The highest BCUT2D eigenvalue weighted by molar-refractivity contribution is 6.34. The zero-order valence-electron chi connectivity index (χ0n) is 22.1. The summed E-state index contributed by atoms with van der Waals surface area (Å²) in [6, 6.07) is 34.9. The Hall–Kier alpha value is -4.69. The van der Waals surface area contributed by atoms with E-state index in [1.165, 1.54) is 65.3 Å². The lowest BCUT2D eigenvalue weighted by molar-refractivity contribution is 0.596. The highest BCUT2D eigenvalue weighted by Gasteiger charge is 2.27. The van der Waals surface area contributed by atoms with Gasteiger partial charge in [0.1, 0.15) is 0 Å². The van der Waals surface area contributed by atoms with Gasteiger partial charge in [0.2, 0.25) is 0 Å². The molecule has 3 aromatic heterocycles. The van der Waals surface area contributed by atoms with Gasteiger partial charge in [-0.2, -0.15) is 0 Å². The van der Waals surface area contributed by atoms with Crippen molar-refractivity contribution in [2.75, 3.05) is 0 Å². The Morgan fingerprint density at radius 1 is 0.513 bits per heavy atom. The first-order valence-electron chi connectivity index (χ1n) is 13.7. The van der Waals surface area contributed by atoms with Crippen molar-refractivity contribution in [3.8, 4) is 11.1 Å². The first kappa shape index (κ1) is 21.3. The Bertz CT molecular complexity index is 2470. The van der Waals surface area contributed by atoms with E-state index in [0.29, 0.717) is 0 Å². The molecule has 184 valence electrons. The Labute approximate surface area is 224 Å². The number of rotatable bonds is 1. The van der Waals surface area contributed by atoms with Crippen molar-refractivity contribution in [3.63, 3.8) is 0 Å². The van der Waals surface area contributed by atoms with E-state index in [1.807, 2.05) is 12.1 Å². The van der Waals surface area contributed by atoms with Crippen molar-refractivity contribution in [2.45, 2.75) is 26.2 Å². The molecule has 0 aliphatic rings. The maximum Gasteiger partial charge on any atom is 0.197 e. The Morgan fingerprint density at radius 3 is 1.92 bits per heavy atom. The fourth-order valence-electron chi connectivity index (χ4n) is 7.27. The molecule has 9 rings (SSSR count). The maximum atomic E-state index is 14.1. The lowest BCUT2D eigenvalue weighted by Gasteiger charge is -2.28. The highest BCUT2D eigenvalue weighted by atomic mass is 16.1. The molecule has 39 heavy (non-hydrogen) atoms. The van der Waals surface area contributed by atoms with E-state index in [2.05, 4.69) is 110 Å². The summed E-state index contributed by atoms with van der Waals surface area (Å²) in [5, 5.41) is 11.2. The largest absolute Gasteiger partial charge is 0.306 e. The van der Waals surface area contributed by atoms with Gasteiger partial charge in [0.05, 0.1) is 16.6 Å². The molecule has 0 N–H and O–H groups in total. The van der Waals surface area contributed by atoms with Gasteiger partial charge in [0.25, 0.3) is 0 Å². The molecule has 0 saturated carbocycles. The van der Waals surface area contributed by atoms with Gasteiger partial charge < -0.3 is 4.40 Å². The standard InChI is InChI=1S/C37H25NO/c1-37(2,3)29-17-14-22-13-16-26-35-31(22)32(29)28-19-23(20-8-5-4-6-9-20)18-27-24-11-7-10-21-12-15-25(36(26)39)34(30(21)24)38(35)33(27)28/h4-19H,1-3H3. The quantitative estimate of drug-likeness (QED) is 0.163. The van der Waals surface area contributed by atoms with Crippen LogP contribution in [0, 0.1) is 0 Å². The fourth-order valence-corrected chi connectivity index (χ4v) is 7.27. The van der Waals surface area contributed by atoms with Gasteiger partial charge >= 0.3 is 0 Å². The predicted molar refractivity (Wildman–Crippen MR) is 166 cm³/mol. The minimum absolute atomic E-state index is 0.0690. The molecule has 0 bridgehead atoms. The minimum Gasteiger partial charge on any atom is -0.306 e. The third-order valence-electron chi connectivity index (χ3n) is 8.92. The first-order valence-corrected chi connectivity index (χ1v) is 13.7. The van der Waals surface area contributed by atoms with Gasteiger partial charge in [0, 0.05) is 32.3 Å². The molecule has 0 spiro atoms. The smallest absolute Gasteiger partial charge is 0.197 e. The van der Waals surface area contributed by atoms with Crippen LogP contribution in [0.4, 0.5) is 0 Å². The van der Waals surface area contributed by atoms with E-state index in [1.54, 1.807) is 0 Å². The van der Waals surface area contributed by atoms with Gasteiger partial charge in [-0.15, -0.1) is 0 Å². The molecule has 0 aliphatic heterocycles. The summed E-state index contributed by atoms with van der Waals surface area (Å²) in [5.74, 6) is 0. The van der Waals surface area contributed by atoms with Gasteiger partial charge in [-0.3, -0.25) is 4.79 Å². The van der Waals surface area contributed by atoms with Crippen molar-refractivity contribution in [1.29, 1.82) is 0 Å². The highest BCUT2D eigenvalue weighted by Crippen LogP contribution is 2.47. The lowest BCUT2D eigenvalue weighted by Crippen LogP contribution is -2.15. The second-order valence-electron chi connectivity index (χ2n) is 12.1. The topological polar surface area (TPSA) is 21.5 Å². The van der Waals surface area contributed by atoms with Crippen molar-refractivity contribution < 1.29 is 0 Å². The molecule has 0 radical (unpaired) electrons. The molecule has 0 saturated heterocycles. The normalized spacial score (nSPS) is 13.1. The molecular formula is C37H25NO. The van der Waals surface area contributed by atoms with Gasteiger partial charge in [-0.05, 0) is 67.9 Å². The summed E-state index contributed by atoms with van der Waals surface area (Å²) in [5.41, 5.74) is 7.08. The summed E-state index contributed by atoms with van der Waals surface area (Å²) in [6.07, 6.45) is 0. The van der Waals surface area contributed by atoms with E-state index in [4.69, 9.17) is 0 Å². The lowest BCUT2D eigenvalue weighted by atomic mass is 9.80. The molecule has 0 atom stereocenters. The van der Waals surface area contributed by atoms with Gasteiger partial charge in [0.15, 0.2) is 5.43 Å². The molecule has 0 aliphatic carbocycles. The molecule has 2 heteroatoms. The predicted octanol–water partition coefficient (Wildman–Crippen LogP) is 9.50. The summed E-state index contributed by atoms with van der Waals surface area (Å²) in [6.45, 7) is 6.87. The van der Waals surface area contributed by atoms with Gasteiger partial charge in [-0.25, -0.2) is 0 Å². The van der Waals surface area contributed by atoms with Crippen molar-refractivity contribution in [3.05, 3.63) is 113 Å². The van der Waals surface area contributed by atoms with Crippen LogP contribution in [-0.2, 0) is 5.41 Å². The average molecular weight is 500 g/mol. The zero-order valence-corrected chi connectivity index (χ0v) is 22.1. The van der Waals surface area contributed by atoms with Crippen LogP contribution >= 0.6 is 0 Å². The number of fused-ring (bicyclic) bond motifs is 2. The number of aromatic nitrogens is 1. The summed E-state index contributed by atoms with van der Waals surface area (Å²) < 4.78 is 2.43. The molecule has 9 aromatic rings. The molecule has 0 unspecified atom stereocenters. The van der Waals surface area contributed by atoms with Crippen LogP contribution in [0.3, 0.4) is 0 Å². The molecule has 0 amide bonds. The first-order chi connectivity index (χ1) is 18.9. The number of hydrogen-bond donors (Lipinski definition) is 0. The van der Waals surface area contributed by atoms with Crippen LogP contribution in [0.5, 0.6) is 0 Å². The fraction of sp³-hybridized carbons (Fsp3) is 0.108. The van der Waals surface area contributed by atoms with Gasteiger partial charge in [-0.1, -0.05) is 93.6 Å². The average Bonchev–Trinajstić information content (AvgIpc) is 2.95. The number of nitrogens with zero attached hydrogens (tertiary/aromatic N) is 1. The van der Waals surface area contributed by atoms with E-state index in [-0.39, 0.29) is 10.8 Å². The van der Waals surface area contributed by atoms with Crippen molar-refractivity contribution >= 4 is 70.4 Å². The van der Waals surface area contributed by atoms with Crippen LogP contribution in [0.2, 0.25) is 0 Å². The van der Waals surface area contributed by atoms with Crippen LogP contribution < -0.4 is 5.43 Å². The zero-order chi connectivity index (χ0) is 26.2. The van der Waals surface area contributed by atoms with Crippen LogP contribution in [-0.4, -0.2) is 4.40 Å². The summed E-state index contributed by atoms with van der Waals surface area (Å²) in [7, 11) is 0. The molecule has 3 heterocycles. The second kappa shape index (κ2) is 6.84. The Morgan fingerprint density at radius 2 is 1.18 bits per heavy atom. The van der Waals surface area contributed by atoms with Crippen molar-refractivity contribution in [1.82, 2.24) is 4.40 Å². The van der Waals surface area contributed by atoms with Crippen LogP contribution in [0.15, 0.2) is 102 Å². The van der Waals surface area contributed by atoms with E-state index >= 15 is 0 Å². The molecular weight excluding hydrogens is 474 g/mol. The number of hydrogen-bond acceptors (Lipinski definition) is 1. The van der Waals surface area contributed by atoms with E-state index < -0.39 is 0 Å². The summed E-state index contributed by atoms with van der Waals surface area (Å²) >= 11 is 0. The maximum absolute atomic E-state index is 14.1. The monoisotopic (exact) mass is 499 g/mol. The number of pyridine rings is 3. The Kier molecular flexibility index (Phi) is 3.73. The molecule has 6 aromatic carbocycles. The van der Waals surface area contributed by atoms with Crippen LogP contribution in [0.1, 0.15) is 26.3 Å². The SMILES string of the molecule is CC(C)(C)c1ccc2ccc3c(=O)c4ccc5cccc6c7cc(-c8ccccc8)cc8c1c2c3n(c78)c4c56. The number of benzene rings is 6. The minimum atomic E-state index is -0.0690. The molecule has 2 nitrogen and oxygen atoms in total. The summed E-state index contributed by atoms with van der Waals surface area (Å²) in [4.78, 5) is 14.1. The third-order valence-corrected chi connectivity index (χ3v) is 8.92. The van der Waals surface area contributed by atoms with Crippen molar-refractivity contribution in [2.24, 2.45) is 0 Å². The van der Waals surface area contributed by atoms with Crippen LogP contribution in [0.25, 0.3) is 81.5 Å². The molecule has 0 fully saturated rings.